The minimum atomic E-state index is -0.0727. The molecule has 1 heterocycles. The van der Waals surface area contributed by atoms with Gasteiger partial charge in [-0.2, -0.15) is 0 Å². The monoisotopic (exact) mass is 256 g/mol. The SMILES string of the molecule is CCCC(C(=O)OCC)N1CCCC(C(C)N)C1. The molecular formula is C14H28N2O2. The molecule has 0 amide bonds. The third kappa shape index (κ3) is 4.25. The van der Waals surface area contributed by atoms with Gasteiger partial charge in [-0.15, -0.1) is 0 Å². The molecule has 18 heavy (non-hydrogen) atoms. The van der Waals surface area contributed by atoms with E-state index in [9.17, 15) is 4.79 Å². The number of carbonyl (C=O) groups is 1. The number of likely N-dealkylation sites (tertiary alicyclic amines) is 1. The number of hydrogen-bond acceptors (Lipinski definition) is 4. The Kier molecular flexibility index (Phi) is 6.65. The van der Waals surface area contributed by atoms with Crippen LogP contribution in [0.4, 0.5) is 0 Å². The molecule has 2 N–H and O–H groups in total. The van der Waals surface area contributed by atoms with E-state index < -0.39 is 0 Å². The average Bonchev–Trinajstić information content (AvgIpc) is 2.36. The number of piperidine rings is 1. The number of rotatable bonds is 6. The van der Waals surface area contributed by atoms with Gasteiger partial charge in [0.15, 0.2) is 0 Å². The molecule has 1 saturated heterocycles. The van der Waals surface area contributed by atoms with E-state index in [0.29, 0.717) is 12.5 Å². The van der Waals surface area contributed by atoms with E-state index in [2.05, 4.69) is 18.7 Å². The van der Waals surface area contributed by atoms with Crippen LogP contribution in [0.5, 0.6) is 0 Å². The molecule has 0 aromatic carbocycles. The summed E-state index contributed by atoms with van der Waals surface area (Å²) in [6, 6.07) is 0.133. The lowest BCUT2D eigenvalue weighted by Crippen LogP contribution is -2.50. The first kappa shape index (κ1) is 15.4. The van der Waals surface area contributed by atoms with Crippen LogP contribution < -0.4 is 5.73 Å². The maximum atomic E-state index is 12.0. The van der Waals surface area contributed by atoms with Gasteiger partial charge in [-0.25, -0.2) is 0 Å². The second kappa shape index (κ2) is 7.74. The van der Waals surface area contributed by atoms with Gasteiger partial charge in [-0.05, 0) is 45.6 Å². The van der Waals surface area contributed by atoms with Crippen LogP contribution in [-0.2, 0) is 9.53 Å². The van der Waals surface area contributed by atoms with Crippen molar-refractivity contribution in [1.82, 2.24) is 4.90 Å². The number of hydrogen-bond donors (Lipinski definition) is 1. The van der Waals surface area contributed by atoms with Gasteiger partial charge in [-0.1, -0.05) is 13.3 Å². The number of carbonyl (C=O) groups excluding carboxylic acids is 1. The van der Waals surface area contributed by atoms with Gasteiger partial charge in [0.2, 0.25) is 0 Å². The number of ether oxygens (including phenoxy) is 1. The fraction of sp³-hybridized carbons (Fsp3) is 0.929. The lowest BCUT2D eigenvalue weighted by Gasteiger charge is -2.38. The van der Waals surface area contributed by atoms with Crippen LogP contribution >= 0.6 is 0 Å². The van der Waals surface area contributed by atoms with Crippen LogP contribution in [0.3, 0.4) is 0 Å². The third-order valence-corrected chi connectivity index (χ3v) is 3.79. The normalized spacial score (nSPS) is 24.6. The standard InChI is InChI=1S/C14H28N2O2/c1-4-7-13(14(17)18-5-2)16-9-6-8-12(10-16)11(3)15/h11-13H,4-10,15H2,1-3H3. The molecule has 4 nitrogen and oxygen atoms in total. The Morgan fingerprint density at radius 1 is 1.50 bits per heavy atom. The van der Waals surface area contributed by atoms with Gasteiger partial charge in [0.05, 0.1) is 6.61 Å². The third-order valence-electron chi connectivity index (χ3n) is 3.79. The summed E-state index contributed by atoms with van der Waals surface area (Å²) in [7, 11) is 0. The predicted octanol–water partition coefficient (Wildman–Crippen LogP) is 1.78. The largest absolute Gasteiger partial charge is 0.465 e. The van der Waals surface area contributed by atoms with Crippen molar-refractivity contribution in [1.29, 1.82) is 0 Å². The first-order valence-electron chi connectivity index (χ1n) is 7.26. The topological polar surface area (TPSA) is 55.6 Å². The minimum Gasteiger partial charge on any atom is -0.465 e. The Labute approximate surface area is 111 Å². The van der Waals surface area contributed by atoms with Gasteiger partial charge in [0.1, 0.15) is 6.04 Å². The molecule has 1 aliphatic rings. The summed E-state index contributed by atoms with van der Waals surface area (Å²) in [5, 5.41) is 0. The summed E-state index contributed by atoms with van der Waals surface area (Å²) in [4.78, 5) is 14.3. The fourth-order valence-corrected chi connectivity index (χ4v) is 2.71. The molecule has 3 unspecified atom stereocenters. The van der Waals surface area contributed by atoms with E-state index in [1.54, 1.807) is 0 Å². The van der Waals surface area contributed by atoms with Crippen molar-refractivity contribution in [3.8, 4) is 0 Å². The van der Waals surface area contributed by atoms with Crippen molar-refractivity contribution in [3.63, 3.8) is 0 Å². The van der Waals surface area contributed by atoms with Crippen LogP contribution in [-0.4, -0.2) is 42.6 Å². The quantitative estimate of drug-likeness (QED) is 0.736. The molecular weight excluding hydrogens is 228 g/mol. The molecule has 0 spiro atoms. The summed E-state index contributed by atoms with van der Waals surface area (Å²) in [6.45, 7) is 8.42. The molecule has 0 aromatic heterocycles. The first-order chi connectivity index (χ1) is 8.60. The van der Waals surface area contributed by atoms with E-state index in [4.69, 9.17) is 10.5 Å². The molecule has 3 atom stereocenters. The highest BCUT2D eigenvalue weighted by Crippen LogP contribution is 2.22. The number of nitrogens with two attached hydrogens (primary N) is 1. The Morgan fingerprint density at radius 3 is 2.78 bits per heavy atom. The predicted molar refractivity (Wildman–Crippen MR) is 73.3 cm³/mol. The van der Waals surface area contributed by atoms with Gasteiger partial charge in [0, 0.05) is 12.6 Å². The minimum absolute atomic E-state index is 0.0651. The molecule has 0 radical (unpaired) electrons. The molecule has 0 bridgehead atoms. The summed E-state index contributed by atoms with van der Waals surface area (Å²) in [5.41, 5.74) is 6.00. The summed E-state index contributed by atoms with van der Waals surface area (Å²) >= 11 is 0. The zero-order valence-corrected chi connectivity index (χ0v) is 12.0. The van der Waals surface area contributed by atoms with Crippen LogP contribution in [0, 0.1) is 5.92 Å². The molecule has 0 saturated carbocycles. The average molecular weight is 256 g/mol. The van der Waals surface area contributed by atoms with Crippen LogP contribution in [0.15, 0.2) is 0 Å². The summed E-state index contributed by atoms with van der Waals surface area (Å²) in [6.07, 6.45) is 4.19. The molecule has 0 aliphatic carbocycles. The second-order valence-electron chi connectivity index (χ2n) is 5.31. The lowest BCUT2D eigenvalue weighted by atomic mass is 9.91. The van der Waals surface area contributed by atoms with Gasteiger partial charge in [-0.3, -0.25) is 9.69 Å². The molecule has 4 heteroatoms. The van der Waals surface area contributed by atoms with E-state index >= 15 is 0 Å². The van der Waals surface area contributed by atoms with E-state index in [0.717, 1.165) is 32.4 Å². The number of nitrogens with zero attached hydrogens (tertiary/aromatic N) is 1. The highest BCUT2D eigenvalue weighted by molar-refractivity contribution is 5.75. The van der Waals surface area contributed by atoms with Crippen molar-refractivity contribution in [3.05, 3.63) is 0 Å². The molecule has 0 aromatic rings. The molecule has 1 aliphatic heterocycles. The summed E-state index contributed by atoms with van der Waals surface area (Å²) < 4.78 is 5.19. The fourth-order valence-electron chi connectivity index (χ4n) is 2.71. The zero-order chi connectivity index (χ0) is 13.5. The van der Waals surface area contributed by atoms with Crippen LogP contribution in [0.25, 0.3) is 0 Å². The van der Waals surface area contributed by atoms with E-state index in [-0.39, 0.29) is 18.1 Å². The Bertz CT molecular complexity index is 256. The van der Waals surface area contributed by atoms with Crippen molar-refractivity contribution < 1.29 is 9.53 Å². The Morgan fingerprint density at radius 2 is 2.22 bits per heavy atom. The second-order valence-corrected chi connectivity index (χ2v) is 5.31. The van der Waals surface area contributed by atoms with Crippen LogP contribution in [0.2, 0.25) is 0 Å². The molecule has 1 rings (SSSR count). The van der Waals surface area contributed by atoms with Gasteiger partial charge < -0.3 is 10.5 Å². The maximum absolute atomic E-state index is 12.0. The van der Waals surface area contributed by atoms with Crippen molar-refractivity contribution in [2.75, 3.05) is 19.7 Å². The van der Waals surface area contributed by atoms with Crippen molar-refractivity contribution >= 4 is 5.97 Å². The highest BCUT2D eigenvalue weighted by Gasteiger charge is 2.31. The van der Waals surface area contributed by atoms with Crippen molar-refractivity contribution in [2.24, 2.45) is 11.7 Å². The van der Waals surface area contributed by atoms with Crippen LogP contribution in [0.1, 0.15) is 46.5 Å². The highest BCUT2D eigenvalue weighted by atomic mass is 16.5. The lowest BCUT2D eigenvalue weighted by molar-refractivity contribution is -0.150. The van der Waals surface area contributed by atoms with Gasteiger partial charge >= 0.3 is 5.97 Å². The van der Waals surface area contributed by atoms with Gasteiger partial charge in [0.25, 0.3) is 0 Å². The zero-order valence-electron chi connectivity index (χ0n) is 12.0. The van der Waals surface area contributed by atoms with Crippen molar-refractivity contribution in [2.45, 2.75) is 58.5 Å². The summed E-state index contributed by atoms with van der Waals surface area (Å²) in [5.74, 6) is 0.442. The smallest absolute Gasteiger partial charge is 0.323 e. The van der Waals surface area contributed by atoms with E-state index in [1.165, 1.54) is 6.42 Å². The molecule has 1 fully saturated rings. The maximum Gasteiger partial charge on any atom is 0.323 e. The Hall–Kier alpha value is -0.610. The molecule has 106 valence electrons. The first-order valence-corrected chi connectivity index (χ1v) is 7.26. The van der Waals surface area contributed by atoms with E-state index in [1.807, 2.05) is 6.92 Å². The Balaban J connectivity index is 2.63. The number of esters is 1.